The van der Waals surface area contributed by atoms with E-state index >= 15 is 0 Å². The topological polar surface area (TPSA) is 53.2 Å². The number of nitrogens with one attached hydrogen (secondary N) is 1. The minimum Gasteiger partial charge on any atom is -0.350 e. The maximum Gasteiger partial charge on any atom is 0.271 e. The van der Waals surface area contributed by atoms with Crippen LogP contribution in [0.3, 0.4) is 0 Å². The van der Waals surface area contributed by atoms with Crippen LogP contribution in [0.4, 0.5) is 0 Å². The van der Waals surface area contributed by atoms with Crippen LogP contribution in [0.25, 0.3) is 10.9 Å². The van der Waals surface area contributed by atoms with Crippen LogP contribution in [0.2, 0.25) is 0 Å². The summed E-state index contributed by atoms with van der Waals surface area (Å²) in [6, 6.07) is 18.4. The SMILES string of the molecule is C=CC[C@@H]1CC=C[C@@H](c2ccccc2)N1C(=O)c1cc(=O)c2ccccc2[nH]1. The zero-order valence-electron chi connectivity index (χ0n) is 15.5. The van der Waals surface area contributed by atoms with E-state index in [0.717, 1.165) is 12.0 Å². The average Bonchev–Trinajstić information content (AvgIpc) is 2.74. The van der Waals surface area contributed by atoms with E-state index in [-0.39, 0.29) is 23.4 Å². The molecule has 4 heteroatoms. The standard InChI is InChI=1S/C24H22N2O2/c1-2-9-18-12-8-15-22(17-10-4-3-5-11-17)26(18)24(28)21-16-23(27)19-13-6-7-14-20(19)25-21/h2-8,10-11,13-16,18,22H,1,9,12H2,(H,25,27)/t18-,22+/m1/s1. The van der Waals surface area contributed by atoms with Crippen molar-refractivity contribution in [2.24, 2.45) is 0 Å². The van der Waals surface area contributed by atoms with Gasteiger partial charge in [0.15, 0.2) is 5.43 Å². The number of benzene rings is 2. The van der Waals surface area contributed by atoms with Crippen molar-refractivity contribution in [2.45, 2.75) is 24.9 Å². The van der Waals surface area contributed by atoms with Gasteiger partial charge in [-0.25, -0.2) is 0 Å². The molecule has 1 aromatic heterocycles. The largest absolute Gasteiger partial charge is 0.350 e. The third kappa shape index (κ3) is 3.29. The van der Waals surface area contributed by atoms with Gasteiger partial charge in [0.05, 0.1) is 6.04 Å². The lowest BCUT2D eigenvalue weighted by Gasteiger charge is -2.39. The fraction of sp³-hybridized carbons (Fsp3) is 0.167. The Balaban J connectivity index is 1.80. The first-order valence-electron chi connectivity index (χ1n) is 9.46. The average molecular weight is 370 g/mol. The van der Waals surface area contributed by atoms with E-state index in [4.69, 9.17) is 0 Å². The lowest BCUT2D eigenvalue weighted by molar-refractivity contribution is 0.0597. The van der Waals surface area contributed by atoms with Crippen molar-refractivity contribution in [2.75, 3.05) is 0 Å². The van der Waals surface area contributed by atoms with Crippen LogP contribution in [0, 0.1) is 0 Å². The van der Waals surface area contributed by atoms with Crippen molar-refractivity contribution >= 4 is 16.8 Å². The highest BCUT2D eigenvalue weighted by atomic mass is 16.2. The fourth-order valence-corrected chi connectivity index (χ4v) is 3.87. The number of H-pyrrole nitrogens is 1. The molecule has 0 saturated carbocycles. The number of fused-ring (bicyclic) bond motifs is 1. The van der Waals surface area contributed by atoms with Gasteiger partial charge in [-0.15, -0.1) is 6.58 Å². The maximum absolute atomic E-state index is 13.6. The third-order valence-electron chi connectivity index (χ3n) is 5.20. The summed E-state index contributed by atoms with van der Waals surface area (Å²) in [5.74, 6) is -0.173. The summed E-state index contributed by atoms with van der Waals surface area (Å²) in [6.45, 7) is 3.85. The molecule has 0 fully saturated rings. The van der Waals surface area contributed by atoms with E-state index in [1.54, 1.807) is 6.07 Å². The molecular formula is C24H22N2O2. The number of hydrogen-bond donors (Lipinski definition) is 1. The zero-order chi connectivity index (χ0) is 19.5. The zero-order valence-corrected chi connectivity index (χ0v) is 15.5. The molecule has 1 aliphatic rings. The van der Waals surface area contributed by atoms with Gasteiger partial charge < -0.3 is 9.88 Å². The highest BCUT2D eigenvalue weighted by Crippen LogP contribution is 2.32. The molecular weight excluding hydrogens is 348 g/mol. The van der Waals surface area contributed by atoms with Gasteiger partial charge >= 0.3 is 0 Å². The number of aromatic nitrogens is 1. The molecule has 0 spiro atoms. The summed E-state index contributed by atoms with van der Waals surface area (Å²) in [7, 11) is 0. The molecule has 0 unspecified atom stereocenters. The van der Waals surface area contributed by atoms with Crippen molar-refractivity contribution in [3.63, 3.8) is 0 Å². The molecule has 0 bridgehead atoms. The van der Waals surface area contributed by atoms with Crippen molar-refractivity contribution in [1.29, 1.82) is 0 Å². The van der Waals surface area contributed by atoms with Gasteiger partial charge in [0, 0.05) is 23.0 Å². The van der Waals surface area contributed by atoms with E-state index in [9.17, 15) is 9.59 Å². The lowest BCUT2D eigenvalue weighted by Crippen LogP contribution is -2.44. The molecule has 1 aliphatic heterocycles. The first-order valence-corrected chi connectivity index (χ1v) is 9.46. The second-order valence-electron chi connectivity index (χ2n) is 7.00. The Hall–Kier alpha value is -3.40. The third-order valence-corrected chi connectivity index (χ3v) is 5.20. The van der Waals surface area contributed by atoms with Crippen LogP contribution in [-0.4, -0.2) is 21.8 Å². The Morgan fingerprint density at radius 2 is 1.89 bits per heavy atom. The number of hydrogen-bond acceptors (Lipinski definition) is 2. The molecule has 1 amide bonds. The van der Waals surface area contributed by atoms with Crippen molar-refractivity contribution in [3.05, 3.63) is 107 Å². The molecule has 0 aliphatic carbocycles. The summed E-state index contributed by atoms with van der Waals surface area (Å²) in [6.07, 6.45) is 7.48. The highest BCUT2D eigenvalue weighted by Gasteiger charge is 2.33. The van der Waals surface area contributed by atoms with Crippen LogP contribution in [-0.2, 0) is 0 Å². The predicted octanol–water partition coefficient (Wildman–Crippen LogP) is 4.62. The second-order valence-corrected chi connectivity index (χ2v) is 7.00. The van der Waals surface area contributed by atoms with Crippen LogP contribution >= 0.6 is 0 Å². The molecule has 4 nitrogen and oxygen atoms in total. The number of para-hydroxylation sites is 1. The van der Waals surface area contributed by atoms with E-state index in [1.165, 1.54) is 6.07 Å². The summed E-state index contributed by atoms with van der Waals surface area (Å²) >= 11 is 0. The number of pyridine rings is 1. The van der Waals surface area contributed by atoms with Crippen molar-refractivity contribution in [3.8, 4) is 0 Å². The van der Waals surface area contributed by atoms with Crippen LogP contribution in [0.5, 0.6) is 0 Å². The van der Waals surface area contributed by atoms with Gasteiger partial charge in [-0.05, 0) is 30.5 Å². The van der Waals surface area contributed by atoms with E-state index in [1.807, 2.05) is 59.5 Å². The van der Waals surface area contributed by atoms with Gasteiger partial charge in [-0.2, -0.15) is 0 Å². The smallest absolute Gasteiger partial charge is 0.271 e. The summed E-state index contributed by atoms with van der Waals surface area (Å²) in [4.78, 5) is 31.1. The molecule has 28 heavy (non-hydrogen) atoms. The minimum atomic E-state index is -0.178. The number of aromatic amines is 1. The van der Waals surface area contributed by atoms with Crippen molar-refractivity contribution < 1.29 is 4.79 Å². The molecule has 0 radical (unpaired) electrons. The molecule has 3 aromatic rings. The lowest BCUT2D eigenvalue weighted by atomic mass is 9.94. The van der Waals surface area contributed by atoms with Gasteiger partial charge in [0.25, 0.3) is 5.91 Å². The van der Waals surface area contributed by atoms with Gasteiger partial charge in [0.1, 0.15) is 5.69 Å². The van der Waals surface area contributed by atoms with Gasteiger partial charge in [0.2, 0.25) is 0 Å². The Morgan fingerprint density at radius 3 is 2.68 bits per heavy atom. The minimum absolute atomic E-state index is 0.00446. The fourth-order valence-electron chi connectivity index (χ4n) is 3.87. The van der Waals surface area contributed by atoms with E-state index in [0.29, 0.717) is 23.0 Å². The quantitative estimate of drug-likeness (QED) is 0.682. The molecule has 2 heterocycles. The number of amides is 1. The van der Waals surface area contributed by atoms with E-state index < -0.39 is 0 Å². The van der Waals surface area contributed by atoms with Crippen LogP contribution in [0.1, 0.15) is 34.9 Å². The van der Waals surface area contributed by atoms with Crippen LogP contribution < -0.4 is 5.43 Å². The summed E-state index contributed by atoms with van der Waals surface area (Å²) in [5.41, 5.74) is 1.88. The number of rotatable bonds is 4. The number of nitrogens with zero attached hydrogens (tertiary/aromatic N) is 1. The summed E-state index contributed by atoms with van der Waals surface area (Å²) in [5, 5.41) is 0.583. The molecule has 0 saturated heterocycles. The maximum atomic E-state index is 13.6. The molecule has 2 atom stereocenters. The predicted molar refractivity (Wildman–Crippen MR) is 112 cm³/mol. The molecule has 1 N–H and O–H groups in total. The Labute approximate surface area is 163 Å². The second kappa shape index (κ2) is 7.69. The Morgan fingerprint density at radius 1 is 1.14 bits per heavy atom. The molecule has 4 rings (SSSR count). The van der Waals surface area contributed by atoms with Crippen LogP contribution in [0.15, 0.2) is 90.3 Å². The summed E-state index contributed by atoms with van der Waals surface area (Å²) < 4.78 is 0. The van der Waals surface area contributed by atoms with Gasteiger partial charge in [-0.3, -0.25) is 9.59 Å². The normalized spacial score (nSPS) is 18.9. The highest BCUT2D eigenvalue weighted by molar-refractivity contribution is 5.95. The van der Waals surface area contributed by atoms with Crippen molar-refractivity contribution in [1.82, 2.24) is 9.88 Å². The Bertz CT molecular complexity index is 1100. The molecule has 2 aromatic carbocycles. The first kappa shape index (κ1) is 18.0. The molecule has 140 valence electrons. The van der Waals surface area contributed by atoms with Gasteiger partial charge in [-0.1, -0.05) is 60.7 Å². The van der Waals surface area contributed by atoms with E-state index in [2.05, 4.69) is 23.7 Å². The monoisotopic (exact) mass is 370 g/mol. The Kier molecular flexibility index (Phi) is 4.94. The first-order chi connectivity index (χ1) is 13.7. The number of carbonyl (C=O) groups excluding carboxylic acids is 1. The number of carbonyl (C=O) groups is 1.